The third kappa shape index (κ3) is 4.13. The maximum absolute atomic E-state index is 13.2. The Kier molecular flexibility index (Phi) is 5.33. The molecule has 8 heteroatoms. The summed E-state index contributed by atoms with van der Waals surface area (Å²) in [5, 5.41) is 3.02. The van der Waals surface area contributed by atoms with Crippen LogP contribution >= 0.6 is 0 Å². The minimum absolute atomic E-state index is 0.295. The zero-order chi connectivity index (χ0) is 16.3. The van der Waals surface area contributed by atoms with E-state index in [0.29, 0.717) is 32.2 Å². The average Bonchev–Trinajstić information content (AvgIpc) is 2.45. The predicted molar refractivity (Wildman–Crippen MR) is 69.2 cm³/mol. The molecule has 0 radical (unpaired) electrons. The second-order valence-corrected chi connectivity index (χ2v) is 5.16. The number of rotatable bonds is 4. The Morgan fingerprint density at radius 1 is 1.14 bits per heavy atom. The van der Waals surface area contributed by atoms with Crippen LogP contribution < -0.4 is 5.32 Å². The number of nitrogens with one attached hydrogen (secondary N) is 1. The summed E-state index contributed by atoms with van der Waals surface area (Å²) >= 11 is 0. The van der Waals surface area contributed by atoms with Crippen LogP contribution in [0.3, 0.4) is 0 Å². The second-order valence-electron chi connectivity index (χ2n) is 5.16. The molecule has 22 heavy (non-hydrogen) atoms. The molecule has 0 aromatic heterocycles. The van der Waals surface area contributed by atoms with Crippen LogP contribution in [-0.4, -0.2) is 37.5 Å². The number of alkyl halides is 5. The Hall–Kier alpha value is -1.28. The fourth-order valence-corrected chi connectivity index (χ4v) is 2.70. The van der Waals surface area contributed by atoms with Gasteiger partial charge in [0, 0.05) is 38.6 Å². The lowest BCUT2D eigenvalue weighted by atomic mass is 9.95. The van der Waals surface area contributed by atoms with Crippen LogP contribution in [0.5, 0.6) is 0 Å². The van der Waals surface area contributed by atoms with E-state index in [1.54, 1.807) is 4.90 Å². The molecule has 0 saturated carbocycles. The molecule has 1 saturated heterocycles. The predicted octanol–water partition coefficient (Wildman–Crippen LogP) is 3.45. The molecule has 0 spiro atoms. The highest BCUT2D eigenvalue weighted by molar-refractivity contribution is 5.33. The Morgan fingerprint density at radius 3 is 2.32 bits per heavy atom. The number of nitrogens with zero attached hydrogens (tertiary/aromatic N) is 1. The van der Waals surface area contributed by atoms with Crippen molar-refractivity contribution in [2.24, 2.45) is 0 Å². The molecule has 2 rings (SSSR count). The van der Waals surface area contributed by atoms with E-state index in [1.165, 1.54) is 0 Å². The minimum atomic E-state index is -4.79. The molecule has 2 nitrogen and oxygen atoms in total. The normalized spacial score (nSPS) is 18.7. The van der Waals surface area contributed by atoms with E-state index in [9.17, 15) is 26.3 Å². The van der Waals surface area contributed by atoms with E-state index in [-0.39, 0.29) is 5.56 Å². The summed E-state index contributed by atoms with van der Waals surface area (Å²) in [7, 11) is 0. The lowest BCUT2D eigenvalue weighted by Crippen LogP contribution is -2.45. The second kappa shape index (κ2) is 6.87. The summed E-state index contributed by atoms with van der Waals surface area (Å²) in [6.45, 7) is 1.77. The molecule has 1 heterocycles. The summed E-state index contributed by atoms with van der Waals surface area (Å²) in [6, 6.07) is 1.13. The maximum Gasteiger partial charge on any atom is 0.416 e. The van der Waals surface area contributed by atoms with E-state index in [2.05, 4.69) is 5.32 Å². The van der Waals surface area contributed by atoms with Gasteiger partial charge in [-0.05, 0) is 17.7 Å². The molecule has 1 atom stereocenters. The van der Waals surface area contributed by atoms with Crippen molar-refractivity contribution in [2.75, 3.05) is 26.2 Å². The van der Waals surface area contributed by atoms with E-state index < -0.39 is 36.4 Å². The average molecular weight is 326 g/mol. The standard InChI is InChI=1S/C14H16F6N2/c15-9-1-2-10(11(7-9)14(18,19)20)12(8-13(16)17)22-5-3-21-4-6-22/h1-2,7,12-13,21H,3-6,8H2/t12-/m1/s1. The Balaban J connectivity index is 2.42. The maximum atomic E-state index is 13.2. The highest BCUT2D eigenvalue weighted by Crippen LogP contribution is 2.38. The SMILES string of the molecule is Fc1ccc([C@@H](CC(F)F)N2CCNCC2)c(C(F)(F)F)c1. The summed E-state index contributed by atoms with van der Waals surface area (Å²) in [4.78, 5) is 1.59. The van der Waals surface area contributed by atoms with Gasteiger partial charge in [0.15, 0.2) is 0 Å². The number of hydrogen-bond donors (Lipinski definition) is 1. The van der Waals surface area contributed by atoms with Crippen LogP contribution in [0.4, 0.5) is 26.3 Å². The van der Waals surface area contributed by atoms with Gasteiger partial charge in [0.25, 0.3) is 0 Å². The van der Waals surface area contributed by atoms with E-state index >= 15 is 0 Å². The van der Waals surface area contributed by atoms with Gasteiger partial charge >= 0.3 is 6.18 Å². The van der Waals surface area contributed by atoms with Crippen molar-refractivity contribution in [3.63, 3.8) is 0 Å². The van der Waals surface area contributed by atoms with Crippen molar-refractivity contribution in [1.29, 1.82) is 0 Å². The Morgan fingerprint density at radius 2 is 1.77 bits per heavy atom. The fourth-order valence-electron chi connectivity index (χ4n) is 2.70. The number of halogens is 6. The van der Waals surface area contributed by atoms with Gasteiger partial charge in [0.2, 0.25) is 6.43 Å². The number of piperazine rings is 1. The molecule has 1 aromatic rings. The smallest absolute Gasteiger partial charge is 0.314 e. The van der Waals surface area contributed by atoms with Gasteiger partial charge in [-0.3, -0.25) is 4.90 Å². The Bertz CT molecular complexity index is 497. The quantitative estimate of drug-likeness (QED) is 0.853. The highest BCUT2D eigenvalue weighted by Gasteiger charge is 2.38. The first kappa shape index (κ1) is 17.1. The zero-order valence-electron chi connectivity index (χ0n) is 11.6. The van der Waals surface area contributed by atoms with Gasteiger partial charge in [-0.2, -0.15) is 13.2 Å². The lowest BCUT2D eigenvalue weighted by Gasteiger charge is -2.36. The van der Waals surface area contributed by atoms with Crippen LogP contribution in [-0.2, 0) is 6.18 Å². The molecular weight excluding hydrogens is 310 g/mol. The molecule has 0 bridgehead atoms. The largest absolute Gasteiger partial charge is 0.416 e. The van der Waals surface area contributed by atoms with Crippen molar-refractivity contribution in [2.45, 2.75) is 25.1 Å². The molecular formula is C14H16F6N2. The molecule has 0 aliphatic carbocycles. The van der Waals surface area contributed by atoms with Crippen LogP contribution in [0, 0.1) is 5.82 Å². The van der Waals surface area contributed by atoms with Crippen molar-refractivity contribution < 1.29 is 26.3 Å². The first-order valence-electron chi connectivity index (χ1n) is 6.88. The number of hydrogen-bond acceptors (Lipinski definition) is 2. The fraction of sp³-hybridized carbons (Fsp3) is 0.571. The monoisotopic (exact) mass is 326 g/mol. The van der Waals surface area contributed by atoms with Crippen molar-refractivity contribution >= 4 is 0 Å². The highest BCUT2D eigenvalue weighted by atomic mass is 19.4. The third-order valence-electron chi connectivity index (χ3n) is 3.67. The molecule has 1 fully saturated rings. The molecule has 124 valence electrons. The van der Waals surface area contributed by atoms with Crippen molar-refractivity contribution in [1.82, 2.24) is 10.2 Å². The van der Waals surface area contributed by atoms with Gasteiger partial charge < -0.3 is 5.32 Å². The summed E-state index contributed by atoms with van der Waals surface area (Å²) in [5.74, 6) is -1.04. The van der Waals surface area contributed by atoms with Gasteiger partial charge in [-0.15, -0.1) is 0 Å². The van der Waals surface area contributed by atoms with Gasteiger partial charge in [-0.1, -0.05) is 6.07 Å². The topological polar surface area (TPSA) is 15.3 Å². The van der Waals surface area contributed by atoms with E-state index in [4.69, 9.17) is 0 Å². The number of benzene rings is 1. The van der Waals surface area contributed by atoms with Crippen LogP contribution in [0.25, 0.3) is 0 Å². The van der Waals surface area contributed by atoms with Gasteiger partial charge in [0.1, 0.15) is 5.82 Å². The van der Waals surface area contributed by atoms with Crippen molar-refractivity contribution in [3.05, 3.63) is 35.1 Å². The van der Waals surface area contributed by atoms with E-state index in [0.717, 1.165) is 12.1 Å². The summed E-state index contributed by atoms with van der Waals surface area (Å²) in [5.41, 5.74) is -1.48. The third-order valence-corrected chi connectivity index (χ3v) is 3.67. The van der Waals surface area contributed by atoms with Gasteiger partial charge in [0.05, 0.1) is 5.56 Å². The van der Waals surface area contributed by atoms with Crippen LogP contribution in [0.15, 0.2) is 18.2 Å². The summed E-state index contributed by atoms with van der Waals surface area (Å²) < 4.78 is 78.2. The zero-order valence-corrected chi connectivity index (χ0v) is 11.6. The molecule has 0 unspecified atom stereocenters. The molecule has 1 aliphatic rings. The minimum Gasteiger partial charge on any atom is -0.314 e. The molecule has 1 N–H and O–H groups in total. The van der Waals surface area contributed by atoms with Gasteiger partial charge in [-0.25, -0.2) is 13.2 Å². The van der Waals surface area contributed by atoms with Crippen LogP contribution in [0.1, 0.15) is 23.6 Å². The van der Waals surface area contributed by atoms with Crippen molar-refractivity contribution in [3.8, 4) is 0 Å². The molecule has 1 aromatic carbocycles. The summed E-state index contributed by atoms with van der Waals surface area (Å²) in [6.07, 6.45) is -8.24. The van der Waals surface area contributed by atoms with E-state index in [1.807, 2.05) is 0 Å². The molecule has 1 aliphatic heterocycles. The first-order valence-corrected chi connectivity index (χ1v) is 6.88. The van der Waals surface area contributed by atoms with Crippen LogP contribution in [0.2, 0.25) is 0 Å². The lowest BCUT2D eigenvalue weighted by molar-refractivity contribution is -0.139. The molecule has 0 amide bonds. The first-order chi connectivity index (χ1) is 10.3. The Labute approximate surface area is 124 Å².